The fourth-order valence-electron chi connectivity index (χ4n) is 2.94. The van der Waals surface area contributed by atoms with Crippen LogP contribution in [0, 0.1) is 0 Å². The van der Waals surface area contributed by atoms with E-state index in [1.54, 1.807) is 18.2 Å². The zero-order valence-electron chi connectivity index (χ0n) is 14.2. The van der Waals surface area contributed by atoms with Gasteiger partial charge in [-0.2, -0.15) is 0 Å². The molecule has 0 aliphatic carbocycles. The molecule has 1 atom stereocenters. The Hall–Kier alpha value is -1.59. The first kappa shape index (κ1) is 20.5. The van der Waals surface area contributed by atoms with Crippen molar-refractivity contribution in [3.8, 4) is 5.75 Å². The molecule has 0 aromatic heterocycles. The number of piperidine rings is 1. The molecular formula is C18H27ClN2O3. The summed E-state index contributed by atoms with van der Waals surface area (Å²) in [6, 6.07) is 7.32. The summed E-state index contributed by atoms with van der Waals surface area (Å²) < 4.78 is 5.64. The maximum atomic E-state index is 12.3. The second-order valence-electron chi connectivity index (χ2n) is 6.01. The minimum absolute atomic E-state index is 0. The summed E-state index contributed by atoms with van der Waals surface area (Å²) in [5.41, 5.74) is 6.39. The Morgan fingerprint density at radius 2 is 2.12 bits per heavy atom. The van der Waals surface area contributed by atoms with Crippen LogP contribution in [0.15, 0.2) is 24.3 Å². The maximum Gasteiger partial charge on any atom is 0.222 e. The van der Waals surface area contributed by atoms with Crippen LogP contribution in [0.1, 0.15) is 49.4 Å². The second-order valence-corrected chi connectivity index (χ2v) is 6.01. The van der Waals surface area contributed by atoms with Gasteiger partial charge in [0.1, 0.15) is 5.75 Å². The molecule has 6 heteroatoms. The van der Waals surface area contributed by atoms with Crippen LogP contribution in [0.4, 0.5) is 0 Å². The third-order valence-corrected chi connectivity index (χ3v) is 4.26. The molecule has 134 valence electrons. The molecule has 0 bridgehead atoms. The van der Waals surface area contributed by atoms with Crippen LogP contribution in [0.5, 0.6) is 5.75 Å². The molecule has 24 heavy (non-hydrogen) atoms. The van der Waals surface area contributed by atoms with Crippen molar-refractivity contribution in [3.63, 3.8) is 0 Å². The van der Waals surface area contributed by atoms with Gasteiger partial charge in [0.25, 0.3) is 0 Å². The zero-order chi connectivity index (χ0) is 16.7. The number of carbonyl (C=O) groups is 2. The number of nitrogens with zero attached hydrogens (tertiary/aromatic N) is 1. The van der Waals surface area contributed by atoms with Crippen LogP contribution in [-0.4, -0.2) is 42.3 Å². The molecule has 1 aliphatic rings. The summed E-state index contributed by atoms with van der Waals surface area (Å²) in [5.74, 6) is 0.854. The van der Waals surface area contributed by atoms with Gasteiger partial charge in [-0.25, -0.2) is 0 Å². The monoisotopic (exact) mass is 354 g/mol. The first-order chi connectivity index (χ1) is 11.1. The van der Waals surface area contributed by atoms with Gasteiger partial charge in [0.15, 0.2) is 5.78 Å². The second kappa shape index (κ2) is 10.3. The number of likely N-dealkylation sites (tertiary alicyclic amines) is 1. The van der Waals surface area contributed by atoms with Crippen molar-refractivity contribution in [2.45, 2.75) is 45.1 Å². The number of amides is 1. The molecule has 1 aromatic carbocycles. The van der Waals surface area contributed by atoms with E-state index in [-0.39, 0.29) is 30.1 Å². The third kappa shape index (κ3) is 5.80. The predicted molar refractivity (Wildman–Crippen MR) is 96.8 cm³/mol. The van der Waals surface area contributed by atoms with Gasteiger partial charge in [-0.1, -0.05) is 12.1 Å². The molecule has 0 radical (unpaired) electrons. The van der Waals surface area contributed by atoms with E-state index in [0.717, 1.165) is 25.8 Å². The van der Waals surface area contributed by atoms with Gasteiger partial charge in [-0.05, 0) is 44.7 Å². The largest absolute Gasteiger partial charge is 0.494 e. The van der Waals surface area contributed by atoms with E-state index >= 15 is 0 Å². The molecule has 0 saturated carbocycles. The molecule has 1 fully saturated rings. The van der Waals surface area contributed by atoms with Gasteiger partial charge in [-0.3, -0.25) is 9.59 Å². The fraction of sp³-hybridized carbons (Fsp3) is 0.556. The first-order valence-electron chi connectivity index (χ1n) is 8.35. The van der Waals surface area contributed by atoms with E-state index in [4.69, 9.17) is 10.5 Å². The number of nitrogens with two attached hydrogens (primary N) is 1. The summed E-state index contributed by atoms with van der Waals surface area (Å²) >= 11 is 0. The average molecular weight is 355 g/mol. The van der Waals surface area contributed by atoms with Crippen LogP contribution < -0.4 is 10.5 Å². The summed E-state index contributed by atoms with van der Waals surface area (Å²) in [6.07, 6.45) is 4.37. The Bertz CT molecular complexity index is 551. The van der Waals surface area contributed by atoms with Crippen molar-refractivity contribution in [3.05, 3.63) is 29.8 Å². The van der Waals surface area contributed by atoms with E-state index in [1.807, 2.05) is 11.0 Å². The van der Waals surface area contributed by atoms with E-state index in [2.05, 4.69) is 0 Å². The Balaban J connectivity index is 0.00000288. The number of carbonyl (C=O) groups excluding carboxylic acids is 2. The van der Waals surface area contributed by atoms with Crippen LogP contribution in [0.2, 0.25) is 0 Å². The highest BCUT2D eigenvalue weighted by Crippen LogP contribution is 2.18. The van der Waals surface area contributed by atoms with E-state index < -0.39 is 0 Å². The number of ether oxygens (including phenoxy) is 1. The van der Waals surface area contributed by atoms with Gasteiger partial charge < -0.3 is 15.4 Å². The van der Waals surface area contributed by atoms with E-state index in [0.29, 0.717) is 37.3 Å². The molecule has 1 heterocycles. The topological polar surface area (TPSA) is 72.6 Å². The molecule has 1 aliphatic heterocycles. The van der Waals surface area contributed by atoms with Crippen molar-refractivity contribution in [1.82, 2.24) is 4.90 Å². The highest BCUT2D eigenvalue weighted by atomic mass is 35.5. The molecule has 1 aromatic rings. The molecule has 2 N–H and O–H groups in total. The number of hydrogen-bond donors (Lipinski definition) is 1. The van der Waals surface area contributed by atoms with Crippen LogP contribution in [0.25, 0.3) is 0 Å². The zero-order valence-corrected chi connectivity index (χ0v) is 15.0. The normalized spacial score (nSPS) is 17.1. The SMILES string of the molecule is CC(=O)c1cccc(OCCCC(=O)N2CCCCC2CN)c1.Cl. The minimum Gasteiger partial charge on any atom is -0.494 e. The number of ketones is 1. The maximum absolute atomic E-state index is 12.3. The summed E-state index contributed by atoms with van der Waals surface area (Å²) in [4.78, 5) is 25.6. The molecule has 1 unspecified atom stereocenters. The van der Waals surface area contributed by atoms with Crippen LogP contribution in [0.3, 0.4) is 0 Å². The Labute approximate surface area is 149 Å². The number of hydrogen-bond acceptors (Lipinski definition) is 4. The standard InChI is InChI=1S/C18H26N2O3.ClH/c1-14(21)15-6-4-8-17(12-15)23-11-5-9-18(22)20-10-3-2-7-16(20)13-19;/h4,6,8,12,16H,2-3,5,7,9-11,13,19H2,1H3;1H. The van der Waals surface area contributed by atoms with Crippen molar-refractivity contribution in [1.29, 1.82) is 0 Å². The Morgan fingerprint density at radius 1 is 1.33 bits per heavy atom. The summed E-state index contributed by atoms with van der Waals surface area (Å²) in [6.45, 7) is 3.36. The smallest absolute Gasteiger partial charge is 0.222 e. The van der Waals surface area contributed by atoms with Gasteiger partial charge >= 0.3 is 0 Å². The lowest BCUT2D eigenvalue weighted by molar-refractivity contribution is -0.134. The molecule has 2 rings (SSSR count). The number of Topliss-reactive ketones (excluding diaryl/α,β-unsaturated/α-hetero) is 1. The van der Waals surface area contributed by atoms with Crippen molar-refractivity contribution in [2.24, 2.45) is 5.73 Å². The van der Waals surface area contributed by atoms with Crippen molar-refractivity contribution in [2.75, 3.05) is 19.7 Å². The fourth-order valence-corrected chi connectivity index (χ4v) is 2.94. The molecular weight excluding hydrogens is 328 g/mol. The highest BCUT2D eigenvalue weighted by molar-refractivity contribution is 5.94. The lowest BCUT2D eigenvalue weighted by Crippen LogP contribution is -2.47. The molecule has 1 amide bonds. The molecule has 0 spiro atoms. The third-order valence-electron chi connectivity index (χ3n) is 4.26. The number of benzene rings is 1. The van der Waals surface area contributed by atoms with Gasteiger partial charge in [0, 0.05) is 31.1 Å². The molecule has 1 saturated heterocycles. The lowest BCUT2D eigenvalue weighted by Gasteiger charge is -2.35. The van der Waals surface area contributed by atoms with Crippen LogP contribution in [-0.2, 0) is 4.79 Å². The number of halogens is 1. The predicted octanol–water partition coefficient (Wildman–Crippen LogP) is 2.81. The average Bonchev–Trinajstić information content (AvgIpc) is 2.58. The Morgan fingerprint density at radius 3 is 2.83 bits per heavy atom. The van der Waals surface area contributed by atoms with Gasteiger partial charge in [0.05, 0.1) is 6.61 Å². The lowest BCUT2D eigenvalue weighted by atomic mass is 10.0. The molecule has 5 nitrogen and oxygen atoms in total. The van der Waals surface area contributed by atoms with Gasteiger partial charge in [0.2, 0.25) is 5.91 Å². The summed E-state index contributed by atoms with van der Waals surface area (Å²) in [7, 11) is 0. The number of rotatable bonds is 7. The first-order valence-corrected chi connectivity index (χ1v) is 8.35. The highest BCUT2D eigenvalue weighted by Gasteiger charge is 2.24. The van der Waals surface area contributed by atoms with Gasteiger partial charge in [-0.15, -0.1) is 12.4 Å². The minimum atomic E-state index is 0. The quantitative estimate of drug-likeness (QED) is 0.603. The summed E-state index contributed by atoms with van der Waals surface area (Å²) in [5, 5.41) is 0. The van der Waals surface area contributed by atoms with E-state index in [1.165, 1.54) is 6.92 Å². The Kier molecular flexibility index (Phi) is 8.79. The van der Waals surface area contributed by atoms with Crippen molar-refractivity contribution >= 4 is 24.1 Å². The van der Waals surface area contributed by atoms with E-state index in [9.17, 15) is 9.59 Å². The van der Waals surface area contributed by atoms with Crippen LogP contribution >= 0.6 is 12.4 Å². The van der Waals surface area contributed by atoms with Crippen molar-refractivity contribution < 1.29 is 14.3 Å².